The van der Waals surface area contributed by atoms with Gasteiger partial charge in [0.05, 0.1) is 36.3 Å². The van der Waals surface area contributed by atoms with Crippen LogP contribution < -0.4 is 11.5 Å². The Kier molecular flexibility index (Phi) is 3.72. The van der Waals surface area contributed by atoms with Crippen LogP contribution in [0, 0.1) is 6.92 Å². The van der Waals surface area contributed by atoms with Gasteiger partial charge in [0.1, 0.15) is 5.82 Å². The predicted octanol–water partition coefficient (Wildman–Crippen LogP) is 0.645. The third-order valence-corrected chi connectivity index (χ3v) is 3.33. The van der Waals surface area contributed by atoms with E-state index in [4.69, 9.17) is 20.9 Å². The lowest BCUT2D eigenvalue weighted by Gasteiger charge is -2.13. The Morgan fingerprint density at radius 3 is 2.95 bits per heavy atom. The van der Waals surface area contributed by atoms with Crippen LogP contribution in [-0.2, 0) is 16.1 Å². The normalized spacial score (nSPS) is 18.2. The van der Waals surface area contributed by atoms with Crippen LogP contribution in [0.15, 0.2) is 6.07 Å². The van der Waals surface area contributed by atoms with Gasteiger partial charge in [-0.3, -0.25) is 5.10 Å². The monoisotopic (exact) mass is 290 g/mol. The van der Waals surface area contributed by atoms with Crippen LogP contribution >= 0.6 is 0 Å². The van der Waals surface area contributed by atoms with Crippen LogP contribution in [0.1, 0.15) is 17.8 Å². The first kappa shape index (κ1) is 13.8. The molecular formula is C13H18N6O2. The molecule has 0 aromatic carbocycles. The van der Waals surface area contributed by atoms with Crippen molar-refractivity contribution < 1.29 is 9.47 Å². The first-order valence-corrected chi connectivity index (χ1v) is 6.77. The number of hydrogen-bond acceptors (Lipinski definition) is 7. The number of nitrogen functional groups attached to an aromatic ring is 2. The maximum atomic E-state index is 5.98. The molecule has 0 spiro atoms. The predicted molar refractivity (Wildman–Crippen MR) is 77.2 cm³/mol. The molecule has 112 valence electrons. The smallest absolute Gasteiger partial charge is 0.222 e. The molecule has 21 heavy (non-hydrogen) atoms. The fraction of sp³-hybridized carbons (Fsp3) is 0.462. The van der Waals surface area contributed by atoms with Crippen molar-refractivity contribution in [1.29, 1.82) is 0 Å². The average Bonchev–Trinajstić information content (AvgIpc) is 3.07. The third-order valence-electron chi connectivity index (χ3n) is 3.33. The van der Waals surface area contributed by atoms with Crippen LogP contribution in [0.2, 0.25) is 0 Å². The second-order valence-electron chi connectivity index (χ2n) is 5.02. The van der Waals surface area contributed by atoms with Gasteiger partial charge in [0.25, 0.3) is 0 Å². The van der Waals surface area contributed by atoms with Crippen molar-refractivity contribution in [1.82, 2.24) is 20.2 Å². The Balaban J connectivity index is 1.90. The number of nitrogens with one attached hydrogen (secondary N) is 1. The summed E-state index contributed by atoms with van der Waals surface area (Å²) in [6.45, 7) is 3.54. The molecule has 0 radical (unpaired) electrons. The molecule has 3 rings (SSSR count). The number of rotatable bonds is 4. The molecule has 8 heteroatoms. The van der Waals surface area contributed by atoms with E-state index in [1.165, 1.54) is 0 Å². The number of hydrogen-bond donors (Lipinski definition) is 3. The van der Waals surface area contributed by atoms with Gasteiger partial charge >= 0.3 is 0 Å². The Bertz CT molecular complexity index is 636. The van der Waals surface area contributed by atoms with Gasteiger partial charge in [0.2, 0.25) is 5.95 Å². The number of ether oxygens (including phenoxy) is 2. The van der Waals surface area contributed by atoms with E-state index < -0.39 is 0 Å². The van der Waals surface area contributed by atoms with Crippen LogP contribution in [0.25, 0.3) is 11.3 Å². The summed E-state index contributed by atoms with van der Waals surface area (Å²) < 4.78 is 11.1. The zero-order chi connectivity index (χ0) is 14.8. The first-order chi connectivity index (χ1) is 10.1. The van der Waals surface area contributed by atoms with Crippen LogP contribution in [0.3, 0.4) is 0 Å². The van der Waals surface area contributed by atoms with E-state index in [0.717, 1.165) is 18.7 Å². The molecule has 1 aliphatic heterocycles. The number of H-pyrrole nitrogens is 1. The summed E-state index contributed by atoms with van der Waals surface area (Å²) in [6, 6.07) is 1.88. The zero-order valence-corrected chi connectivity index (χ0v) is 11.8. The second kappa shape index (κ2) is 5.66. The third kappa shape index (κ3) is 2.96. The van der Waals surface area contributed by atoms with Gasteiger partial charge in [-0.05, 0) is 19.4 Å². The fourth-order valence-corrected chi connectivity index (χ4v) is 2.32. The van der Waals surface area contributed by atoms with Crippen molar-refractivity contribution in [3.05, 3.63) is 17.5 Å². The molecule has 8 nitrogen and oxygen atoms in total. The highest BCUT2D eigenvalue weighted by Crippen LogP contribution is 2.28. The van der Waals surface area contributed by atoms with Crippen molar-refractivity contribution in [2.45, 2.75) is 26.1 Å². The molecule has 2 aromatic heterocycles. The van der Waals surface area contributed by atoms with Gasteiger partial charge in [-0.1, -0.05) is 0 Å². The van der Waals surface area contributed by atoms with Gasteiger partial charge < -0.3 is 20.9 Å². The van der Waals surface area contributed by atoms with E-state index >= 15 is 0 Å². The van der Waals surface area contributed by atoms with E-state index in [1.54, 1.807) is 0 Å². The van der Waals surface area contributed by atoms with Crippen LogP contribution in [0.4, 0.5) is 11.8 Å². The summed E-state index contributed by atoms with van der Waals surface area (Å²) >= 11 is 0. The zero-order valence-electron chi connectivity index (χ0n) is 11.8. The average molecular weight is 290 g/mol. The number of anilines is 2. The van der Waals surface area contributed by atoms with Gasteiger partial charge in [-0.25, -0.2) is 4.98 Å². The molecule has 5 N–H and O–H groups in total. The summed E-state index contributed by atoms with van der Waals surface area (Å²) in [4.78, 5) is 8.26. The summed E-state index contributed by atoms with van der Waals surface area (Å²) in [7, 11) is 0. The minimum absolute atomic E-state index is 0.0798. The standard InChI is InChI=1S/C13H18N6O2/c1-7-4-9(19-18-7)11-10(16-13(15)17-12(11)14)6-21-8-2-3-20-5-8/h4,8H,2-3,5-6H2,1H3,(H,18,19)(H4,14,15,16,17). The Labute approximate surface area is 121 Å². The highest BCUT2D eigenvalue weighted by atomic mass is 16.5. The molecule has 1 fully saturated rings. The van der Waals surface area contributed by atoms with E-state index in [2.05, 4.69) is 20.2 Å². The van der Waals surface area contributed by atoms with Crippen molar-refractivity contribution in [3.63, 3.8) is 0 Å². The molecule has 1 unspecified atom stereocenters. The molecule has 1 saturated heterocycles. The summed E-state index contributed by atoms with van der Waals surface area (Å²) in [5.74, 6) is 0.431. The van der Waals surface area contributed by atoms with Crippen molar-refractivity contribution in [2.24, 2.45) is 0 Å². The molecule has 3 heterocycles. The second-order valence-corrected chi connectivity index (χ2v) is 5.02. The van der Waals surface area contributed by atoms with E-state index in [-0.39, 0.29) is 12.1 Å². The van der Waals surface area contributed by atoms with Crippen LogP contribution in [0.5, 0.6) is 0 Å². The van der Waals surface area contributed by atoms with Crippen molar-refractivity contribution >= 4 is 11.8 Å². The Hall–Kier alpha value is -2.19. The maximum absolute atomic E-state index is 5.98. The van der Waals surface area contributed by atoms with E-state index in [1.807, 2.05) is 13.0 Å². The van der Waals surface area contributed by atoms with Gasteiger partial charge in [-0.2, -0.15) is 10.1 Å². The summed E-state index contributed by atoms with van der Waals surface area (Å²) in [5.41, 5.74) is 14.6. The quantitative estimate of drug-likeness (QED) is 0.754. The Morgan fingerprint density at radius 2 is 2.29 bits per heavy atom. The molecular weight excluding hydrogens is 272 g/mol. The number of aryl methyl sites for hydroxylation is 1. The molecule has 0 saturated carbocycles. The number of aromatic nitrogens is 4. The van der Waals surface area contributed by atoms with Crippen LogP contribution in [-0.4, -0.2) is 39.5 Å². The molecule has 1 atom stereocenters. The molecule has 0 aliphatic carbocycles. The number of nitrogens with zero attached hydrogens (tertiary/aromatic N) is 3. The van der Waals surface area contributed by atoms with Crippen molar-refractivity contribution in [2.75, 3.05) is 24.7 Å². The van der Waals surface area contributed by atoms with E-state index in [9.17, 15) is 0 Å². The molecule has 0 bridgehead atoms. The van der Waals surface area contributed by atoms with Gasteiger partial charge in [0.15, 0.2) is 0 Å². The molecule has 2 aromatic rings. The SMILES string of the molecule is Cc1cc(-c2c(N)nc(N)nc2COC2CCOC2)n[nH]1. The lowest BCUT2D eigenvalue weighted by molar-refractivity contribution is 0.0304. The Morgan fingerprint density at radius 1 is 1.43 bits per heavy atom. The summed E-state index contributed by atoms with van der Waals surface area (Å²) in [6.07, 6.45) is 0.962. The lowest BCUT2D eigenvalue weighted by atomic mass is 10.1. The molecule has 1 aliphatic rings. The van der Waals surface area contributed by atoms with Gasteiger partial charge in [-0.15, -0.1) is 0 Å². The topological polar surface area (TPSA) is 125 Å². The highest BCUT2D eigenvalue weighted by Gasteiger charge is 2.20. The number of aromatic amines is 1. The highest BCUT2D eigenvalue weighted by molar-refractivity contribution is 5.74. The summed E-state index contributed by atoms with van der Waals surface area (Å²) in [5, 5.41) is 7.09. The minimum Gasteiger partial charge on any atom is -0.383 e. The van der Waals surface area contributed by atoms with E-state index in [0.29, 0.717) is 36.0 Å². The number of nitrogens with two attached hydrogens (primary N) is 2. The van der Waals surface area contributed by atoms with Crippen molar-refractivity contribution in [3.8, 4) is 11.3 Å². The lowest BCUT2D eigenvalue weighted by Crippen LogP contribution is -2.14. The minimum atomic E-state index is 0.0798. The molecule has 0 amide bonds. The fourth-order valence-electron chi connectivity index (χ4n) is 2.32. The maximum Gasteiger partial charge on any atom is 0.222 e. The first-order valence-electron chi connectivity index (χ1n) is 6.77. The van der Waals surface area contributed by atoms with Gasteiger partial charge in [0, 0.05) is 12.3 Å². The largest absolute Gasteiger partial charge is 0.383 e.